The lowest BCUT2D eigenvalue weighted by atomic mass is 9.96. The smallest absolute Gasteiger partial charge is 0.138 e. The van der Waals surface area contributed by atoms with Crippen LogP contribution in [0.25, 0.3) is 121 Å². The highest BCUT2D eigenvalue weighted by atomic mass is 15.1. The number of benzene rings is 9. The van der Waals surface area contributed by atoms with Crippen LogP contribution in [0.4, 0.5) is 0 Å². The molecule has 0 saturated carbocycles. The van der Waals surface area contributed by atoms with E-state index in [0.717, 1.165) is 22.4 Å². The van der Waals surface area contributed by atoms with Crippen molar-refractivity contribution in [3.8, 4) is 44.9 Å². The summed E-state index contributed by atoms with van der Waals surface area (Å²) in [4.78, 5) is 5.34. The standard InChI is InChI=1S/C53H31N3/c1-2-11-37(12-3-1)55-48-20-9-7-16-43(48)53-38-25-23-33(27-35(38)24-26-49(53)55)32-21-22-34-30-50-44(29-36(34)28-32)41-15-6-8-19-47(41)56(50)51-31-45-40-14-5-4-13-39(40)42-17-10-18-46(54-51)52(42)45/h1-31H. The summed E-state index contributed by atoms with van der Waals surface area (Å²) in [6.45, 7) is 0. The minimum absolute atomic E-state index is 0.945. The second kappa shape index (κ2) is 11.0. The van der Waals surface area contributed by atoms with Gasteiger partial charge in [0, 0.05) is 32.6 Å². The lowest BCUT2D eigenvalue weighted by Crippen LogP contribution is -1.98. The van der Waals surface area contributed by atoms with E-state index in [2.05, 4.69) is 197 Å². The zero-order valence-electron chi connectivity index (χ0n) is 30.2. The van der Waals surface area contributed by atoms with Gasteiger partial charge in [0.1, 0.15) is 5.82 Å². The molecule has 0 amide bonds. The summed E-state index contributed by atoms with van der Waals surface area (Å²) in [5.41, 5.74) is 14.5. The Bertz CT molecular complexity index is 3640. The third-order valence-corrected chi connectivity index (χ3v) is 12.2. The summed E-state index contributed by atoms with van der Waals surface area (Å²) < 4.78 is 4.75. The molecule has 9 aromatic carbocycles. The summed E-state index contributed by atoms with van der Waals surface area (Å²) in [6, 6.07) is 68.9. The maximum atomic E-state index is 5.34. The van der Waals surface area contributed by atoms with Crippen LogP contribution in [0, 0.1) is 0 Å². The molecule has 13 rings (SSSR count). The third-order valence-electron chi connectivity index (χ3n) is 12.2. The Morgan fingerprint density at radius 1 is 0.321 bits per heavy atom. The van der Waals surface area contributed by atoms with E-state index in [1.165, 1.54) is 98.6 Å². The van der Waals surface area contributed by atoms with Crippen LogP contribution in [-0.4, -0.2) is 14.1 Å². The highest BCUT2D eigenvalue weighted by Gasteiger charge is 2.24. The van der Waals surface area contributed by atoms with Gasteiger partial charge in [0.15, 0.2) is 0 Å². The topological polar surface area (TPSA) is 22.8 Å². The van der Waals surface area contributed by atoms with Crippen LogP contribution in [0.1, 0.15) is 0 Å². The maximum absolute atomic E-state index is 5.34. The molecule has 258 valence electrons. The van der Waals surface area contributed by atoms with Crippen molar-refractivity contribution < 1.29 is 0 Å². The molecule has 3 heterocycles. The Morgan fingerprint density at radius 3 is 1.86 bits per heavy atom. The fraction of sp³-hybridized carbons (Fsp3) is 0. The Kier molecular flexibility index (Phi) is 5.89. The van der Waals surface area contributed by atoms with Gasteiger partial charge in [0.2, 0.25) is 0 Å². The Labute approximate surface area is 321 Å². The third kappa shape index (κ3) is 4.04. The van der Waals surface area contributed by atoms with E-state index in [0.29, 0.717) is 0 Å². The SMILES string of the molecule is c1ccc(-n2c3ccccc3c3c4ccc(-c5ccc6cc7c(cc6c5)c5ccccc5n7-c5cc6c7c(cccc7n5)-c5ccccc5-6)cc4ccc32)cc1. The van der Waals surface area contributed by atoms with E-state index in [1.807, 2.05) is 0 Å². The van der Waals surface area contributed by atoms with Crippen molar-refractivity contribution in [2.45, 2.75) is 0 Å². The van der Waals surface area contributed by atoms with E-state index in [1.54, 1.807) is 0 Å². The first-order valence-corrected chi connectivity index (χ1v) is 19.3. The number of pyridine rings is 1. The predicted octanol–water partition coefficient (Wildman–Crippen LogP) is 14.0. The van der Waals surface area contributed by atoms with E-state index in [9.17, 15) is 0 Å². The Hall–Kier alpha value is -7.49. The van der Waals surface area contributed by atoms with Gasteiger partial charge >= 0.3 is 0 Å². The van der Waals surface area contributed by atoms with E-state index in [-0.39, 0.29) is 0 Å². The van der Waals surface area contributed by atoms with Crippen molar-refractivity contribution in [1.82, 2.24) is 14.1 Å². The fourth-order valence-electron chi connectivity index (χ4n) is 9.75. The lowest BCUT2D eigenvalue weighted by Gasteiger charge is -2.11. The molecular formula is C53H31N3. The molecule has 1 aliphatic carbocycles. The van der Waals surface area contributed by atoms with Crippen molar-refractivity contribution in [2.75, 3.05) is 0 Å². The van der Waals surface area contributed by atoms with Crippen LogP contribution in [-0.2, 0) is 0 Å². The molecule has 0 unspecified atom stereocenters. The van der Waals surface area contributed by atoms with Gasteiger partial charge in [-0.05, 0) is 122 Å². The highest BCUT2D eigenvalue weighted by Crippen LogP contribution is 2.48. The molecule has 0 bridgehead atoms. The van der Waals surface area contributed by atoms with Crippen molar-refractivity contribution >= 4 is 76.1 Å². The Balaban J connectivity index is 0.973. The van der Waals surface area contributed by atoms with Gasteiger partial charge in [-0.15, -0.1) is 0 Å². The van der Waals surface area contributed by atoms with Gasteiger partial charge in [-0.2, -0.15) is 0 Å². The van der Waals surface area contributed by atoms with Gasteiger partial charge in [-0.3, -0.25) is 4.57 Å². The average Bonchev–Trinajstić information content (AvgIpc) is 3.89. The second-order valence-corrected chi connectivity index (χ2v) is 15.1. The van der Waals surface area contributed by atoms with Crippen LogP contribution in [0.5, 0.6) is 0 Å². The summed E-state index contributed by atoms with van der Waals surface area (Å²) in [5.74, 6) is 0.945. The van der Waals surface area contributed by atoms with E-state index >= 15 is 0 Å². The first-order valence-electron chi connectivity index (χ1n) is 19.3. The molecule has 0 atom stereocenters. The second-order valence-electron chi connectivity index (χ2n) is 15.1. The maximum Gasteiger partial charge on any atom is 0.138 e. The number of nitrogens with zero attached hydrogens (tertiary/aromatic N) is 3. The fourth-order valence-corrected chi connectivity index (χ4v) is 9.75. The summed E-state index contributed by atoms with van der Waals surface area (Å²) in [7, 11) is 0. The van der Waals surface area contributed by atoms with Gasteiger partial charge < -0.3 is 4.57 Å². The minimum Gasteiger partial charge on any atom is -0.309 e. The van der Waals surface area contributed by atoms with Crippen LogP contribution in [0.2, 0.25) is 0 Å². The Morgan fingerprint density at radius 2 is 1.00 bits per heavy atom. The number of rotatable bonds is 3. The van der Waals surface area contributed by atoms with Gasteiger partial charge in [0.25, 0.3) is 0 Å². The van der Waals surface area contributed by atoms with Crippen LogP contribution < -0.4 is 0 Å². The molecule has 56 heavy (non-hydrogen) atoms. The van der Waals surface area contributed by atoms with E-state index in [4.69, 9.17) is 4.98 Å². The molecule has 0 spiro atoms. The van der Waals surface area contributed by atoms with Crippen molar-refractivity contribution in [3.05, 3.63) is 188 Å². The summed E-state index contributed by atoms with van der Waals surface area (Å²) in [6.07, 6.45) is 0. The van der Waals surface area contributed by atoms with Crippen molar-refractivity contribution in [1.29, 1.82) is 0 Å². The normalized spacial score (nSPS) is 12.3. The lowest BCUT2D eigenvalue weighted by molar-refractivity contribution is 1.10. The molecule has 3 heteroatoms. The summed E-state index contributed by atoms with van der Waals surface area (Å²) >= 11 is 0. The van der Waals surface area contributed by atoms with Gasteiger partial charge in [-0.1, -0.05) is 121 Å². The number of fused-ring (bicyclic) bond motifs is 12. The van der Waals surface area contributed by atoms with Crippen molar-refractivity contribution in [3.63, 3.8) is 0 Å². The average molecular weight is 710 g/mol. The molecule has 0 N–H and O–H groups in total. The zero-order chi connectivity index (χ0) is 36.5. The molecule has 0 fully saturated rings. The van der Waals surface area contributed by atoms with Gasteiger partial charge in [-0.25, -0.2) is 4.98 Å². The number of para-hydroxylation sites is 3. The number of hydrogen-bond acceptors (Lipinski definition) is 1. The van der Waals surface area contributed by atoms with Crippen LogP contribution in [0.15, 0.2) is 188 Å². The number of hydrogen-bond donors (Lipinski definition) is 0. The monoisotopic (exact) mass is 709 g/mol. The molecule has 0 saturated heterocycles. The van der Waals surface area contributed by atoms with Gasteiger partial charge in [0.05, 0.1) is 27.6 Å². The highest BCUT2D eigenvalue weighted by molar-refractivity contribution is 6.22. The zero-order valence-corrected chi connectivity index (χ0v) is 30.2. The molecule has 0 radical (unpaired) electrons. The molecule has 12 aromatic rings. The predicted molar refractivity (Wildman–Crippen MR) is 235 cm³/mol. The van der Waals surface area contributed by atoms with Crippen LogP contribution >= 0.6 is 0 Å². The first-order chi connectivity index (χ1) is 27.8. The molecule has 3 aromatic heterocycles. The molecule has 0 aliphatic heterocycles. The molecule has 1 aliphatic rings. The molecular weight excluding hydrogens is 679 g/mol. The van der Waals surface area contributed by atoms with Crippen molar-refractivity contribution in [2.24, 2.45) is 0 Å². The first kappa shape index (κ1) is 29.9. The molecule has 3 nitrogen and oxygen atoms in total. The largest absolute Gasteiger partial charge is 0.309 e. The van der Waals surface area contributed by atoms with E-state index < -0.39 is 0 Å². The number of aromatic nitrogens is 3. The van der Waals surface area contributed by atoms with Crippen LogP contribution in [0.3, 0.4) is 0 Å². The quantitative estimate of drug-likeness (QED) is 0.179. The minimum atomic E-state index is 0.945. The summed E-state index contributed by atoms with van der Waals surface area (Å²) in [5, 5.41) is 11.2.